The highest BCUT2D eigenvalue weighted by Crippen LogP contribution is 2.20. The molecule has 0 saturated carbocycles. The highest BCUT2D eigenvalue weighted by Gasteiger charge is 2.09. The van der Waals surface area contributed by atoms with Crippen LogP contribution in [0.5, 0.6) is 0 Å². The van der Waals surface area contributed by atoms with Gasteiger partial charge in [-0.3, -0.25) is 9.59 Å². The highest BCUT2D eigenvalue weighted by atomic mass is 19.1. The van der Waals surface area contributed by atoms with Gasteiger partial charge in [-0.05, 0) is 42.5 Å². The number of nitrogen functional groups attached to an aromatic ring is 1. The monoisotopic (exact) mass is 287 g/mol. The van der Waals surface area contributed by atoms with Crippen LogP contribution >= 0.6 is 0 Å². The molecule has 21 heavy (non-hydrogen) atoms. The van der Waals surface area contributed by atoms with E-state index in [1.807, 2.05) is 0 Å². The molecule has 0 heterocycles. The Morgan fingerprint density at radius 2 is 1.71 bits per heavy atom. The lowest BCUT2D eigenvalue weighted by molar-refractivity contribution is -0.114. The van der Waals surface area contributed by atoms with Gasteiger partial charge in [0.15, 0.2) is 0 Å². The van der Waals surface area contributed by atoms with Gasteiger partial charge in [-0.1, -0.05) is 0 Å². The summed E-state index contributed by atoms with van der Waals surface area (Å²) in [6.45, 7) is 1.28. The van der Waals surface area contributed by atoms with Gasteiger partial charge in [-0.2, -0.15) is 0 Å². The van der Waals surface area contributed by atoms with Crippen molar-refractivity contribution in [2.45, 2.75) is 6.92 Å². The SMILES string of the molecule is CC(=O)Nc1cc(NC(=O)c2ccc(N)cc2)ccc1F. The third-order valence-electron chi connectivity index (χ3n) is 2.71. The van der Waals surface area contributed by atoms with Crippen LogP contribution in [0.2, 0.25) is 0 Å². The summed E-state index contributed by atoms with van der Waals surface area (Å²) in [6, 6.07) is 10.3. The van der Waals surface area contributed by atoms with Crippen LogP contribution in [-0.2, 0) is 4.79 Å². The number of nitrogens with one attached hydrogen (secondary N) is 2. The quantitative estimate of drug-likeness (QED) is 0.759. The smallest absolute Gasteiger partial charge is 0.255 e. The Balaban J connectivity index is 2.17. The van der Waals surface area contributed by atoms with Crippen molar-refractivity contribution in [3.8, 4) is 0 Å². The molecule has 108 valence electrons. The third-order valence-corrected chi connectivity index (χ3v) is 2.71. The van der Waals surface area contributed by atoms with Crippen molar-refractivity contribution in [3.05, 3.63) is 53.8 Å². The number of anilines is 3. The topological polar surface area (TPSA) is 84.2 Å². The van der Waals surface area contributed by atoms with Crippen LogP contribution in [0.4, 0.5) is 21.5 Å². The maximum absolute atomic E-state index is 13.5. The molecule has 0 aliphatic heterocycles. The van der Waals surface area contributed by atoms with E-state index in [1.54, 1.807) is 24.3 Å². The zero-order chi connectivity index (χ0) is 15.4. The van der Waals surface area contributed by atoms with Crippen LogP contribution in [0.25, 0.3) is 0 Å². The zero-order valence-electron chi connectivity index (χ0n) is 11.3. The second-order valence-corrected chi connectivity index (χ2v) is 4.45. The predicted octanol–water partition coefficient (Wildman–Crippen LogP) is 2.62. The first-order valence-electron chi connectivity index (χ1n) is 6.20. The summed E-state index contributed by atoms with van der Waals surface area (Å²) in [5, 5.41) is 4.97. The van der Waals surface area contributed by atoms with Crippen molar-refractivity contribution >= 4 is 28.9 Å². The molecule has 0 spiro atoms. The maximum atomic E-state index is 13.5. The first-order valence-corrected chi connectivity index (χ1v) is 6.20. The molecule has 0 radical (unpaired) electrons. The minimum absolute atomic E-state index is 0.0117. The van der Waals surface area contributed by atoms with E-state index in [1.165, 1.54) is 25.1 Å². The molecule has 0 atom stereocenters. The van der Waals surface area contributed by atoms with E-state index in [9.17, 15) is 14.0 Å². The van der Waals surface area contributed by atoms with E-state index in [4.69, 9.17) is 5.73 Å². The molecule has 0 aromatic heterocycles. The second kappa shape index (κ2) is 6.04. The molecule has 4 N–H and O–H groups in total. The van der Waals surface area contributed by atoms with Gasteiger partial charge in [0, 0.05) is 23.9 Å². The van der Waals surface area contributed by atoms with Gasteiger partial charge < -0.3 is 16.4 Å². The lowest BCUT2D eigenvalue weighted by Gasteiger charge is -2.09. The molecule has 5 nitrogen and oxygen atoms in total. The van der Waals surface area contributed by atoms with Crippen LogP contribution in [0.3, 0.4) is 0 Å². The van der Waals surface area contributed by atoms with Crippen LogP contribution < -0.4 is 16.4 Å². The average Bonchev–Trinajstić information content (AvgIpc) is 2.42. The summed E-state index contributed by atoms with van der Waals surface area (Å²) in [6.07, 6.45) is 0. The number of rotatable bonds is 3. The molecule has 0 bridgehead atoms. The van der Waals surface area contributed by atoms with Crippen LogP contribution in [-0.4, -0.2) is 11.8 Å². The van der Waals surface area contributed by atoms with Crippen molar-refractivity contribution in [2.75, 3.05) is 16.4 Å². The second-order valence-electron chi connectivity index (χ2n) is 4.45. The van der Waals surface area contributed by atoms with Gasteiger partial charge in [0.05, 0.1) is 5.69 Å². The fraction of sp³-hybridized carbons (Fsp3) is 0.0667. The lowest BCUT2D eigenvalue weighted by Crippen LogP contribution is -2.13. The van der Waals surface area contributed by atoms with Gasteiger partial charge in [0.1, 0.15) is 5.82 Å². The molecule has 2 amide bonds. The largest absolute Gasteiger partial charge is 0.399 e. The fourth-order valence-corrected chi connectivity index (χ4v) is 1.73. The number of halogens is 1. The Hall–Kier alpha value is -2.89. The summed E-state index contributed by atoms with van der Waals surface area (Å²) in [4.78, 5) is 23.0. The number of hydrogen-bond donors (Lipinski definition) is 3. The van der Waals surface area contributed by atoms with Gasteiger partial charge >= 0.3 is 0 Å². The summed E-state index contributed by atoms with van der Waals surface area (Å²) < 4.78 is 13.5. The molecule has 0 fully saturated rings. The Bertz CT molecular complexity index is 684. The number of carbonyl (C=O) groups is 2. The molecule has 0 aliphatic carbocycles. The van der Waals surface area contributed by atoms with Crippen molar-refractivity contribution in [2.24, 2.45) is 0 Å². The van der Waals surface area contributed by atoms with E-state index in [2.05, 4.69) is 10.6 Å². The number of amides is 2. The van der Waals surface area contributed by atoms with E-state index in [0.29, 0.717) is 16.9 Å². The molecular formula is C15H14FN3O2. The minimum Gasteiger partial charge on any atom is -0.399 e. The molecule has 2 aromatic rings. The lowest BCUT2D eigenvalue weighted by atomic mass is 10.2. The van der Waals surface area contributed by atoms with E-state index in [0.717, 1.165) is 0 Å². The predicted molar refractivity (Wildman–Crippen MR) is 79.5 cm³/mol. The Kier molecular flexibility index (Phi) is 4.18. The number of hydrogen-bond acceptors (Lipinski definition) is 3. The van der Waals surface area contributed by atoms with Crippen molar-refractivity contribution in [3.63, 3.8) is 0 Å². The number of benzene rings is 2. The maximum Gasteiger partial charge on any atom is 0.255 e. The first-order chi connectivity index (χ1) is 9.95. The van der Waals surface area contributed by atoms with Gasteiger partial charge in [0.25, 0.3) is 5.91 Å². The van der Waals surface area contributed by atoms with Gasteiger partial charge in [0.2, 0.25) is 5.91 Å². The Morgan fingerprint density at radius 3 is 2.33 bits per heavy atom. The standard InChI is InChI=1S/C15H14FN3O2/c1-9(20)18-14-8-12(6-7-13(14)16)19-15(21)10-2-4-11(17)5-3-10/h2-8H,17H2,1H3,(H,18,20)(H,19,21). The summed E-state index contributed by atoms with van der Waals surface area (Å²) >= 11 is 0. The van der Waals surface area contributed by atoms with Crippen molar-refractivity contribution < 1.29 is 14.0 Å². The molecule has 6 heteroatoms. The summed E-state index contributed by atoms with van der Waals surface area (Å²) in [7, 11) is 0. The number of carbonyl (C=O) groups excluding carboxylic acids is 2. The summed E-state index contributed by atoms with van der Waals surface area (Å²) in [5.41, 5.74) is 6.92. The van der Waals surface area contributed by atoms with Crippen LogP contribution in [0, 0.1) is 5.82 Å². The first kappa shape index (κ1) is 14.5. The van der Waals surface area contributed by atoms with Crippen LogP contribution in [0.1, 0.15) is 17.3 Å². The fourth-order valence-electron chi connectivity index (χ4n) is 1.73. The van der Waals surface area contributed by atoms with Crippen molar-refractivity contribution in [1.82, 2.24) is 0 Å². The zero-order valence-corrected chi connectivity index (χ0v) is 11.3. The molecular weight excluding hydrogens is 273 g/mol. The molecule has 2 aromatic carbocycles. The van der Waals surface area contributed by atoms with Gasteiger partial charge in [-0.25, -0.2) is 4.39 Å². The average molecular weight is 287 g/mol. The highest BCUT2D eigenvalue weighted by molar-refractivity contribution is 6.04. The van der Waals surface area contributed by atoms with Crippen LogP contribution in [0.15, 0.2) is 42.5 Å². The Morgan fingerprint density at radius 1 is 1.05 bits per heavy atom. The van der Waals surface area contributed by atoms with E-state index < -0.39 is 11.7 Å². The number of nitrogens with two attached hydrogens (primary N) is 1. The van der Waals surface area contributed by atoms with E-state index in [-0.39, 0.29) is 11.6 Å². The molecule has 0 aliphatic rings. The van der Waals surface area contributed by atoms with Gasteiger partial charge in [-0.15, -0.1) is 0 Å². The molecule has 0 unspecified atom stereocenters. The normalized spacial score (nSPS) is 10.0. The molecule has 2 rings (SSSR count). The van der Waals surface area contributed by atoms with Crippen molar-refractivity contribution in [1.29, 1.82) is 0 Å². The Labute approximate surface area is 121 Å². The minimum atomic E-state index is -0.573. The van der Waals surface area contributed by atoms with E-state index >= 15 is 0 Å². The molecule has 0 saturated heterocycles. The third kappa shape index (κ3) is 3.79. The summed E-state index contributed by atoms with van der Waals surface area (Å²) in [5.74, 6) is -1.32.